The number of benzene rings is 1. The summed E-state index contributed by atoms with van der Waals surface area (Å²) in [7, 11) is 1.36. The summed E-state index contributed by atoms with van der Waals surface area (Å²) < 4.78 is 4.69. The van der Waals surface area contributed by atoms with Crippen LogP contribution in [0.3, 0.4) is 0 Å². The van der Waals surface area contributed by atoms with Crippen molar-refractivity contribution >= 4 is 40.0 Å². The number of nitrogens with one attached hydrogen (secondary N) is 1. The van der Waals surface area contributed by atoms with Gasteiger partial charge in [0, 0.05) is 5.92 Å². The second-order valence-electron chi connectivity index (χ2n) is 6.25. The van der Waals surface area contributed by atoms with Gasteiger partial charge in [-0.3, -0.25) is 5.43 Å². The van der Waals surface area contributed by atoms with E-state index in [1.165, 1.54) is 18.4 Å². The molecule has 0 unspecified atom stereocenters. The smallest absolute Gasteiger partial charge is 0.337 e. The van der Waals surface area contributed by atoms with Gasteiger partial charge in [-0.1, -0.05) is 31.3 Å². The molecule has 0 saturated heterocycles. The van der Waals surface area contributed by atoms with Gasteiger partial charge < -0.3 is 4.74 Å². The molecule has 0 saturated carbocycles. The molecule has 0 radical (unpaired) electrons. The maximum Gasteiger partial charge on any atom is 0.337 e. The van der Waals surface area contributed by atoms with E-state index in [1.54, 1.807) is 24.3 Å². The number of carbonyl (C=O) groups excluding carboxylic acids is 1. The van der Waals surface area contributed by atoms with Gasteiger partial charge >= 0.3 is 5.97 Å². The zero-order chi connectivity index (χ0) is 19.2. The Balaban J connectivity index is 1.70. The van der Waals surface area contributed by atoms with Crippen molar-refractivity contribution in [2.75, 3.05) is 12.5 Å². The molecule has 8 heteroatoms. The molecule has 0 amide bonds. The number of esters is 1. The summed E-state index contributed by atoms with van der Waals surface area (Å²) in [5.41, 5.74) is 5.26. The van der Waals surface area contributed by atoms with E-state index in [4.69, 9.17) is 0 Å². The highest BCUT2D eigenvalue weighted by Crippen LogP contribution is 2.30. The molecule has 1 N–H and O–H groups in total. The molecule has 0 fully saturated rings. The predicted octanol–water partition coefficient (Wildman–Crippen LogP) is 5.05. The standard InChI is InChI=1S/C19H21N5O2S/c1-12(2)17(22-21-14-10-8-13(9-11-14)18(25)26-3)23-24-19-20-15-6-4-5-7-16(15)27-19/h5,7-12,21H,4,6H2,1-3H3/b22-17-,24-23?. The fourth-order valence-corrected chi connectivity index (χ4v) is 3.26. The van der Waals surface area contributed by atoms with Crippen LogP contribution in [-0.4, -0.2) is 23.9 Å². The van der Waals surface area contributed by atoms with E-state index in [2.05, 4.69) is 42.6 Å². The first-order valence-electron chi connectivity index (χ1n) is 8.66. The van der Waals surface area contributed by atoms with Gasteiger partial charge in [0.05, 0.1) is 28.9 Å². The molecule has 2 aromatic rings. The van der Waals surface area contributed by atoms with Crippen molar-refractivity contribution in [2.24, 2.45) is 21.2 Å². The van der Waals surface area contributed by atoms with Crippen LogP contribution in [0.5, 0.6) is 0 Å². The number of ether oxygens (including phenoxy) is 1. The van der Waals surface area contributed by atoms with Gasteiger partial charge in [0.25, 0.3) is 0 Å². The number of azo groups is 1. The Labute approximate surface area is 161 Å². The molecular formula is C19H21N5O2S. The van der Waals surface area contributed by atoms with Gasteiger partial charge in [0.15, 0.2) is 5.84 Å². The Kier molecular flexibility index (Phi) is 6.08. The fraction of sp³-hybridized carbons (Fsp3) is 0.316. The summed E-state index contributed by atoms with van der Waals surface area (Å²) in [6.45, 7) is 3.99. The van der Waals surface area contributed by atoms with E-state index in [1.807, 2.05) is 13.8 Å². The van der Waals surface area contributed by atoms with Crippen LogP contribution in [0.25, 0.3) is 6.08 Å². The van der Waals surface area contributed by atoms with Gasteiger partial charge in [-0.2, -0.15) is 5.10 Å². The van der Waals surface area contributed by atoms with Gasteiger partial charge in [-0.25, -0.2) is 9.78 Å². The Morgan fingerprint density at radius 3 is 2.74 bits per heavy atom. The minimum Gasteiger partial charge on any atom is -0.465 e. The van der Waals surface area contributed by atoms with Crippen LogP contribution in [-0.2, 0) is 11.2 Å². The molecule has 7 nitrogen and oxygen atoms in total. The predicted molar refractivity (Wildman–Crippen MR) is 108 cm³/mol. The van der Waals surface area contributed by atoms with Crippen LogP contribution in [0.1, 0.15) is 41.2 Å². The maximum atomic E-state index is 11.5. The number of carbonyl (C=O) groups is 1. The fourth-order valence-electron chi connectivity index (χ4n) is 2.39. The number of anilines is 1. The normalized spacial score (nSPS) is 13.9. The van der Waals surface area contributed by atoms with Crippen LogP contribution in [0.15, 0.2) is 45.7 Å². The molecule has 1 aromatic heterocycles. The van der Waals surface area contributed by atoms with E-state index in [0.717, 1.165) is 29.1 Å². The number of thiazole rings is 1. The first kappa shape index (κ1) is 18.9. The molecule has 27 heavy (non-hydrogen) atoms. The number of aromatic nitrogens is 1. The van der Waals surface area contributed by atoms with Crippen molar-refractivity contribution in [3.63, 3.8) is 0 Å². The van der Waals surface area contributed by atoms with E-state index in [-0.39, 0.29) is 11.9 Å². The van der Waals surface area contributed by atoms with Crippen LogP contribution in [0.2, 0.25) is 0 Å². The molecule has 0 aliphatic heterocycles. The van der Waals surface area contributed by atoms with Crippen molar-refractivity contribution < 1.29 is 9.53 Å². The summed E-state index contributed by atoms with van der Waals surface area (Å²) >= 11 is 1.53. The molecule has 1 heterocycles. The number of methoxy groups -OCH3 is 1. The number of rotatable bonds is 5. The second-order valence-corrected chi connectivity index (χ2v) is 7.26. The Hall–Kier alpha value is -2.87. The number of hydrogen-bond donors (Lipinski definition) is 1. The Morgan fingerprint density at radius 2 is 2.07 bits per heavy atom. The summed E-state index contributed by atoms with van der Waals surface area (Å²) in [6.07, 6.45) is 6.21. The number of amidine groups is 1. The van der Waals surface area contributed by atoms with Crippen molar-refractivity contribution in [1.29, 1.82) is 0 Å². The molecule has 0 atom stereocenters. The number of hydrazone groups is 1. The van der Waals surface area contributed by atoms with Gasteiger partial charge in [0.2, 0.25) is 5.13 Å². The number of fused-ring (bicyclic) bond motifs is 1. The molecule has 140 valence electrons. The second kappa shape index (κ2) is 8.68. The molecule has 1 aromatic carbocycles. The summed E-state index contributed by atoms with van der Waals surface area (Å²) in [5.74, 6) is 0.281. The van der Waals surface area contributed by atoms with Crippen LogP contribution >= 0.6 is 11.3 Å². The van der Waals surface area contributed by atoms with Gasteiger partial charge in [0.1, 0.15) is 0 Å². The average Bonchev–Trinajstić information content (AvgIpc) is 3.10. The summed E-state index contributed by atoms with van der Waals surface area (Å²) in [4.78, 5) is 17.1. The number of hydrogen-bond acceptors (Lipinski definition) is 7. The van der Waals surface area contributed by atoms with Gasteiger partial charge in [-0.05, 0) is 43.2 Å². The highest BCUT2D eigenvalue weighted by atomic mass is 32.1. The molecule has 0 spiro atoms. The zero-order valence-corrected chi connectivity index (χ0v) is 16.3. The van der Waals surface area contributed by atoms with Crippen LogP contribution in [0, 0.1) is 5.92 Å². The average molecular weight is 383 g/mol. The van der Waals surface area contributed by atoms with E-state index in [9.17, 15) is 4.79 Å². The van der Waals surface area contributed by atoms with Crippen molar-refractivity contribution in [3.8, 4) is 0 Å². The SMILES string of the molecule is COC(=O)c1ccc(N/N=C(\N=Nc2nc3c(s2)C=CCC3)C(C)C)cc1. The molecule has 1 aliphatic rings. The summed E-state index contributed by atoms with van der Waals surface area (Å²) in [6, 6.07) is 6.86. The minimum absolute atomic E-state index is 0.0880. The topological polar surface area (TPSA) is 88.3 Å². The number of aryl methyl sites for hydroxylation is 1. The number of nitrogens with zero attached hydrogens (tertiary/aromatic N) is 4. The third-order valence-corrected chi connectivity index (χ3v) is 4.84. The molecule has 1 aliphatic carbocycles. The van der Waals surface area contributed by atoms with Crippen LogP contribution in [0.4, 0.5) is 10.8 Å². The van der Waals surface area contributed by atoms with E-state index in [0.29, 0.717) is 16.5 Å². The first-order chi connectivity index (χ1) is 13.1. The molecule has 0 bridgehead atoms. The summed E-state index contributed by atoms with van der Waals surface area (Å²) in [5, 5.41) is 13.5. The van der Waals surface area contributed by atoms with E-state index < -0.39 is 0 Å². The van der Waals surface area contributed by atoms with Crippen molar-refractivity contribution in [3.05, 3.63) is 46.5 Å². The lowest BCUT2D eigenvalue weighted by Gasteiger charge is -2.06. The Bertz CT molecular complexity index is 897. The quantitative estimate of drug-likeness (QED) is 0.257. The molecule has 3 rings (SSSR count). The first-order valence-corrected chi connectivity index (χ1v) is 9.48. The van der Waals surface area contributed by atoms with Gasteiger partial charge in [-0.15, -0.1) is 10.2 Å². The minimum atomic E-state index is -0.372. The zero-order valence-electron chi connectivity index (χ0n) is 15.5. The lowest BCUT2D eigenvalue weighted by Crippen LogP contribution is -2.07. The Morgan fingerprint density at radius 1 is 1.30 bits per heavy atom. The highest BCUT2D eigenvalue weighted by Gasteiger charge is 2.12. The van der Waals surface area contributed by atoms with Crippen molar-refractivity contribution in [2.45, 2.75) is 26.7 Å². The van der Waals surface area contributed by atoms with E-state index >= 15 is 0 Å². The highest BCUT2D eigenvalue weighted by molar-refractivity contribution is 7.16. The number of allylic oxidation sites excluding steroid dienone is 1. The monoisotopic (exact) mass is 383 g/mol. The largest absolute Gasteiger partial charge is 0.465 e. The lowest BCUT2D eigenvalue weighted by molar-refractivity contribution is 0.0601. The third-order valence-electron chi connectivity index (χ3n) is 3.89. The third kappa shape index (κ3) is 4.85. The maximum absolute atomic E-state index is 11.5. The lowest BCUT2D eigenvalue weighted by atomic mass is 10.1. The van der Waals surface area contributed by atoms with Crippen molar-refractivity contribution in [1.82, 2.24) is 4.98 Å². The van der Waals surface area contributed by atoms with Crippen LogP contribution < -0.4 is 5.43 Å². The molecular weight excluding hydrogens is 362 g/mol.